The van der Waals surface area contributed by atoms with E-state index in [1.54, 1.807) is 0 Å². The Labute approximate surface area is 205 Å². The molecule has 14 nitrogen and oxygen atoms in total. The molecule has 2 aromatic carbocycles. The van der Waals surface area contributed by atoms with Crippen molar-refractivity contribution in [3.05, 3.63) is 40.6 Å². The van der Waals surface area contributed by atoms with E-state index in [4.69, 9.17) is 18.6 Å². The molecule has 0 spiro atoms. The third-order valence-corrected chi connectivity index (χ3v) is 5.48. The number of carboxylic acid groups (broad SMARTS) is 1. The molecule has 1 aliphatic rings. The Bertz CT molecular complexity index is 1440. The Morgan fingerprint density at radius 1 is 0.946 bits per heavy atom. The number of rotatable bonds is 5. The first-order chi connectivity index (χ1) is 17.4. The van der Waals surface area contributed by atoms with Crippen LogP contribution < -0.4 is 10.2 Å². The number of hydrogen-bond acceptors (Lipinski definition) is 13. The Hall–Kier alpha value is -4.53. The third-order valence-electron chi connectivity index (χ3n) is 5.48. The summed E-state index contributed by atoms with van der Waals surface area (Å²) in [5.74, 6) is -6.19. The lowest BCUT2D eigenvalue weighted by Gasteiger charge is -2.40. The van der Waals surface area contributed by atoms with Crippen LogP contribution in [0.25, 0.3) is 22.3 Å². The van der Waals surface area contributed by atoms with E-state index in [9.17, 15) is 50.1 Å². The van der Waals surface area contributed by atoms with Gasteiger partial charge in [-0.15, -0.1) is 0 Å². The van der Waals surface area contributed by atoms with Crippen molar-refractivity contribution < 1.29 is 64.0 Å². The lowest BCUT2D eigenvalue weighted by atomic mass is 9.98. The normalized spacial score (nSPS) is 23.5. The van der Waals surface area contributed by atoms with Gasteiger partial charge in [0, 0.05) is 24.6 Å². The third kappa shape index (κ3) is 4.67. The minimum absolute atomic E-state index is 0.0659. The number of aliphatic hydroxyl groups excluding tert-OH is 2. The molecule has 1 fully saturated rings. The van der Waals surface area contributed by atoms with Crippen LogP contribution in [0.2, 0.25) is 0 Å². The van der Waals surface area contributed by atoms with Crippen LogP contribution in [0.4, 0.5) is 0 Å². The van der Waals surface area contributed by atoms with Crippen LogP contribution in [0.1, 0.15) is 6.92 Å². The van der Waals surface area contributed by atoms with E-state index >= 15 is 0 Å². The molecule has 1 saturated heterocycles. The number of aliphatic carboxylic acids is 1. The number of carbonyl (C=O) groups is 2. The van der Waals surface area contributed by atoms with Crippen molar-refractivity contribution in [2.75, 3.05) is 0 Å². The first-order valence-electron chi connectivity index (χ1n) is 10.5. The number of benzene rings is 2. The Balaban J connectivity index is 1.90. The highest BCUT2D eigenvalue weighted by Gasteiger charge is 2.51. The number of aliphatic hydroxyl groups is 2. The molecule has 3 aromatic rings. The van der Waals surface area contributed by atoms with Gasteiger partial charge in [0.05, 0.1) is 0 Å². The molecule has 0 aliphatic carbocycles. The highest BCUT2D eigenvalue weighted by molar-refractivity contribution is 5.88. The van der Waals surface area contributed by atoms with E-state index in [2.05, 4.69) is 0 Å². The minimum Gasteiger partial charge on any atom is -0.508 e. The fraction of sp³-hybridized carbons (Fsp3) is 0.261. The molecular weight excluding hydrogens is 500 g/mol. The Morgan fingerprint density at radius 3 is 2.27 bits per heavy atom. The summed E-state index contributed by atoms with van der Waals surface area (Å²) < 4.78 is 21.2. The highest BCUT2D eigenvalue weighted by atomic mass is 16.7. The second kappa shape index (κ2) is 9.50. The standard InChI is InChI=1S/C23H20O14/c1-7(24)34-19-16(30)21(22(32)33)37-23(17(19)31)36-20-15(29)14-12(28)5-9(25)6-13(14)35-18(20)8-2-3-10(26)11(27)4-8/h2-6,16-17,19,21,23,25-28,30-31H,1H3,(H,32,33)/t16-,17+,19-,21-,23+/m0/s1. The summed E-state index contributed by atoms with van der Waals surface area (Å²) in [5, 5.41) is 69.5. The van der Waals surface area contributed by atoms with Crippen molar-refractivity contribution in [1.29, 1.82) is 0 Å². The SMILES string of the molecule is CC(=O)O[C@@H]1[C@@H](O)[C@H](Oc2c(-c3ccc(O)c(O)c3)oc3cc(O)cc(O)c3c2=O)O[C@H](C(=O)O)[C@H]1O. The highest BCUT2D eigenvalue weighted by Crippen LogP contribution is 2.39. The van der Waals surface area contributed by atoms with E-state index in [-0.39, 0.29) is 11.1 Å². The number of hydrogen-bond donors (Lipinski definition) is 7. The second-order valence-electron chi connectivity index (χ2n) is 8.07. The predicted molar refractivity (Wildman–Crippen MR) is 119 cm³/mol. The molecule has 37 heavy (non-hydrogen) atoms. The van der Waals surface area contributed by atoms with Gasteiger partial charge >= 0.3 is 11.9 Å². The van der Waals surface area contributed by atoms with E-state index < -0.39 is 88.0 Å². The second-order valence-corrected chi connectivity index (χ2v) is 8.07. The zero-order valence-electron chi connectivity index (χ0n) is 18.8. The van der Waals surface area contributed by atoms with Crippen LogP contribution >= 0.6 is 0 Å². The molecule has 0 radical (unpaired) electrons. The van der Waals surface area contributed by atoms with Gasteiger partial charge in [-0.1, -0.05) is 0 Å². The van der Waals surface area contributed by atoms with Crippen LogP contribution in [0.3, 0.4) is 0 Å². The number of carbonyl (C=O) groups excluding carboxylic acids is 1. The number of aromatic hydroxyl groups is 4. The van der Waals surface area contributed by atoms with E-state index in [1.807, 2.05) is 0 Å². The zero-order valence-corrected chi connectivity index (χ0v) is 18.8. The fourth-order valence-electron chi connectivity index (χ4n) is 3.81. The van der Waals surface area contributed by atoms with Gasteiger partial charge in [0.1, 0.15) is 28.6 Å². The molecule has 4 rings (SSSR count). The average molecular weight is 520 g/mol. The van der Waals surface area contributed by atoms with Crippen molar-refractivity contribution in [1.82, 2.24) is 0 Å². The van der Waals surface area contributed by atoms with Crippen LogP contribution in [-0.4, -0.2) is 78.4 Å². The zero-order chi connectivity index (χ0) is 27.2. The van der Waals surface area contributed by atoms with Gasteiger partial charge in [0.25, 0.3) is 0 Å². The van der Waals surface area contributed by atoms with Crippen molar-refractivity contribution in [3.63, 3.8) is 0 Å². The molecule has 14 heteroatoms. The molecule has 196 valence electrons. The van der Waals surface area contributed by atoms with Gasteiger partial charge in [-0.3, -0.25) is 9.59 Å². The molecule has 7 N–H and O–H groups in total. The first kappa shape index (κ1) is 25.6. The average Bonchev–Trinajstić information content (AvgIpc) is 2.80. The maximum absolute atomic E-state index is 13.4. The van der Waals surface area contributed by atoms with Gasteiger partial charge in [-0.2, -0.15) is 0 Å². The molecule has 0 amide bonds. The topological polar surface area (TPSA) is 234 Å². The van der Waals surface area contributed by atoms with Crippen LogP contribution in [0.15, 0.2) is 39.5 Å². The largest absolute Gasteiger partial charge is 0.508 e. The van der Waals surface area contributed by atoms with Gasteiger partial charge in [0.15, 0.2) is 35.6 Å². The van der Waals surface area contributed by atoms with E-state index in [0.717, 1.165) is 31.2 Å². The van der Waals surface area contributed by atoms with Crippen LogP contribution in [-0.2, 0) is 19.1 Å². The molecule has 1 aromatic heterocycles. The fourth-order valence-corrected chi connectivity index (χ4v) is 3.81. The molecule has 0 saturated carbocycles. The van der Waals surface area contributed by atoms with Crippen molar-refractivity contribution in [2.24, 2.45) is 0 Å². The van der Waals surface area contributed by atoms with Gasteiger partial charge in [-0.05, 0) is 18.2 Å². The predicted octanol–water partition coefficient (Wildman–Crippen LogP) is 0.124. The smallest absolute Gasteiger partial charge is 0.335 e. The maximum atomic E-state index is 13.4. The molecule has 5 atom stereocenters. The number of phenols is 4. The number of ether oxygens (including phenoxy) is 3. The van der Waals surface area contributed by atoms with Crippen LogP contribution in [0.5, 0.6) is 28.7 Å². The van der Waals surface area contributed by atoms with Crippen LogP contribution in [0, 0.1) is 0 Å². The van der Waals surface area contributed by atoms with Gasteiger partial charge in [-0.25, -0.2) is 4.79 Å². The molecular formula is C23H20O14. The number of phenolic OH excluding ortho intramolecular Hbond substituents is 4. The number of esters is 1. The lowest BCUT2D eigenvalue weighted by Crippen LogP contribution is -2.62. The van der Waals surface area contributed by atoms with Gasteiger partial charge < -0.3 is 54.4 Å². The monoisotopic (exact) mass is 520 g/mol. The molecule has 2 heterocycles. The summed E-state index contributed by atoms with van der Waals surface area (Å²) in [7, 11) is 0. The Morgan fingerprint density at radius 2 is 1.65 bits per heavy atom. The summed E-state index contributed by atoms with van der Waals surface area (Å²) in [5.41, 5.74) is -1.46. The Kier molecular flexibility index (Phi) is 6.56. The summed E-state index contributed by atoms with van der Waals surface area (Å²) in [4.78, 5) is 36.5. The maximum Gasteiger partial charge on any atom is 0.335 e. The minimum atomic E-state index is -2.06. The molecule has 0 unspecified atom stereocenters. The number of fused-ring (bicyclic) bond motifs is 1. The van der Waals surface area contributed by atoms with E-state index in [1.165, 1.54) is 6.07 Å². The summed E-state index contributed by atoms with van der Waals surface area (Å²) in [6, 6.07) is 5.09. The summed E-state index contributed by atoms with van der Waals surface area (Å²) in [6.07, 6.45) is -9.95. The first-order valence-corrected chi connectivity index (χ1v) is 10.5. The summed E-state index contributed by atoms with van der Waals surface area (Å²) >= 11 is 0. The summed E-state index contributed by atoms with van der Waals surface area (Å²) in [6.45, 7) is 0.950. The van der Waals surface area contributed by atoms with E-state index in [0.29, 0.717) is 0 Å². The van der Waals surface area contributed by atoms with Gasteiger partial charge in [0.2, 0.25) is 17.5 Å². The van der Waals surface area contributed by atoms with Crippen molar-refractivity contribution in [3.8, 4) is 40.1 Å². The number of carboxylic acids is 1. The van der Waals surface area contributed by atoms with Crippen molar-refractivity contribution in [2.45, 2.75) is 37.6 Å². The van der Waals surface area contributed by atoms with Crippen molar-refractivity contribution >= 4 is 22.9 Å². The molecule has 1 aliphatic heterocycles. The molecule has 0 bridgehead atoms. The quantitative estimate of drug-likeness (QED) is 0.175. The lowest BCUT2D eigenvalue weighted by molar-refractivity contribution is -0.275.